The molecule has 1 unspecified atom stereocenters. The maximum Gasteiger partial charge on any atom is 0.195 e. The first-order chi connectivity index (χ1) is 16.5. The average molecular weight is 454 g/mol. The lowest BCUT2D eigenvalue weighted by Crippen LogP contribution is -2.37. The van der Waals surface area contributed by atoms with Crippen LogP contribution in [0, 0.1) is 17.2 Å². The third-order valence-electron chi connectivity index (χ3n) is 8.34. The van der Waals surface area contributed by atoms with Crippen molar-refractivity contribution in [2.24, 2.45) is 5.92 Å². The number of hydrogen-bond donors (Lipinski definition) is 1. The first-order valence-corrected chi connectivity index (χ1v) is 12.5. The van der Waals surface area contributed by atoms with Crippen LogP contribution in [0.3, 0.4) is 0 Å². The van der Waals surface area contributed by atoms with E-state index in [9.17, 15) is 10.1 Å². The highest BCUT2D eigenvalue weighted by Crippen LogP contribution is 2.45. The van der Waals surface area contributed by atoms with E-state index in [1.807, 2.05) is 12.1 Å². The van der Waals surface area contributed by atoms with E-state index in [2.05, 4.69) is 48.0 Å². The molecule has 0 radical (unpaired) electrons. The van der Waals surface area contributed by atoms with E-state index in [0.29, 0.717) is 17.4 Å². The molecule has 5 heteroatoms. The van der Waals surface area contributed by atoms with Gasteiger partial charge < -0.3 is 14.6 Å². The number of fused-ring (bicyclic) bond motifs is 4. The first-order valence-electron chi connectivity index (χ1n) is 12.5. The molecule has 3 heterocycles. The molecule has 0 amide bonds. The number of nitrogens with one attached hydrogen (secondary N) is 1. The second kappa shape index (κ2) is 8.08. The normalized spacial score (nSPS) is 22.5. The van der Waals surface area contributed by atoms with Crippen molar-refractivity contribution in [3.63, 3.8) is 0 Å². The van der Waals surface area contributed by atoms with Crippen LogP contribution in [0.4, 0.5) is 0 Å². The Labute approximate surface area is 200 Å². The first kappa shape index (κ1) is 21.6. The van der Waals surface area contributed by atoms with Gasteiger partial charge in [-0.15, -0.1) is 0 Å². The van der Waals surface area contributed by atoms with Crippen molar-refractivity contribution in [3.8, 4) is 6.07 Å². The smallest absolute Gasteiger partial charge is 0.195 e. The molecule has 34 heavy (non-hydrogen) atoms. The molecule has 3 aliphatic rings. The fraction of sp³-hybridized carbons (Fsp3) is 0.448. The number of ether oxygens (including phenoxy) is 1. The van der Waals surface area contributed by atoms with Crippen LogP contribution in [0.2, 0.25) is 0 Å². The second-order valence-corrected chi connectivity index (χ2v) is 10.8. The fourth-order valence-corrected chi connectivity index (χ4v) is 6.31. The number of piperidine rings is 1. The summed E-state index contributed by atoms with van der Waals surface area (Å²) in [5.74, 6) is 1.32. The summed E-state index contributed by atoms with van der Waals surface area (Å²) in [6, 6.07) is 14.3. The molecule has 5 nitrogen and oxygen atoms in total. The summed E-state index contributed by atoms with van der Waals surface area (Å²) in [5, 5.41) is 10.2. The van der Waals surface area contributed by atoms with Crippen molar-refractivity contribution in [2.75, 3.05) is 32.8 Å². The number of carbonyl (C=O) groups is 1. The van der Waals surface area contributed by atoms with Crippen LogP contribution in [0.1, 0.15) is 77.3 Å². The van der Waals surface area contributed by atoms with Gasteiger partial charge in [0.25, 0.3) is 0 Å². The van der Waals surface area contributed by atoms with E-state index in [1.54, 1.807) is 6.07 Å². The molecule has 0 spiro atoms. The monoisotopic (exact) mass is 453 g/mol. The zero-order valence-corrected chi connectivity index (χ0v) is 20.0. The molecule has 3 aromatic rings. The summed E-state index contributed by atoms with van der Waals surface area (Å²) in [6.45, 7) is 9.67. The molecule has 0 bridgehead atoms. The Hall–Kier alpha value is -2.94. The molecular weight excluding hydrogens is 422 g/mol. The Morgan fingerprint density at radius 3 is 2.71 bits per heavy atom. The number of H-pyrrole nitrogens is 1. The molecular formula is C29H31N3O2. The number of aromatic amines is 1. The Morgan fingerprint density at radius 2 is 1.97 bits per heavy atom. The van der Waals surface area contributed by atoms with Gasteiger partial charge in [0, 0.05) is 40.7 Å². The molecule has 1 aromatic heterocycles. The van der Waals surface area contributed by atoms with Gasteiger partial charge in [0.15, 0.2) is 5.78 Å². The van der Waals surface area contributed by atoms with Crippen molar-refractivity contribution >= 4 is 16.7 Å². The summed E-state index contributed by atoms with van der Waals surface area (Å²) >= 11 is 0. The van der Waals surface area contributed by atoms with Crippen molar-refractivity contribution in [1.29, 1.82) is 5.26 Å². The van der Waals surface area contributed by atoms with Crippen LogP contribution in [0.25, 0.3) is 10.9 Å². The number of carbonyl (C=O) groups excluding carboxylic acids is 1. The fourth-order valence-electron chi connectivity index (χ4n) is 6.31. The van der Waals surface area contributed by atoms with Crippen LogP contribution in [-0.4, -0.2) is 48.5 Å². The Kier molecular flexibility index (Phi) is 5.13. The summed E-state index contributed by atoms with van der Waals surface area (Å²) < 4.78 is 5.55. The largest absolute Gasteiger partial charge is 0.381 e. The predicted octanol–water partition coefficient (Wildman–Crippen LogP) is 5.13. The summed E-state index contributed by atoms with van der Waals surface area (Å²) in [4.78, 5) is 19.7. The van der Waals surface area contributed by atoms with E-state index in [4.69, 9.17) is 4.74 Å². The number of rotatable bonds is 3. The van der Waals surface area contributed by atoms with Gasteiger partial charge in [0.1, 0.15) is 0 Å². The van der Waals surface area contributed by atoms with E-state index in [0.717, 1.165) is 79.0 Å². The SMILES string of the molecule is CC1(C)c2cc(C3CCN(CC4CCOC4)CC3)ccc2C(=O)c2c1[nH]c1cc(C#N)ccc21. The number of ketones is 1. The van der Waals surface area contributed by atoms with Crippen LogP contribution in [0.5, 0.6) is 0 Å². The second-order valence-electron chi connectivity index (χ2n) is 10.8. The van der Waals surface area contributed by atoms with Crippen LogP contribution < -0.4 is 0 Å². The average Bonchev–Trinajstić information content (AvgIpc) is 3.51. The predicted molar refractivity (Wildman–Crippen MR) is 132 cm³/mol. The third-order valence-corrected chi connectivity index (χ3v) is 8.34. The molecule has 174 valence electrons. The molecule has 0 saturated carbocycles. The third kappa shape index (κ3) is 3.40. The van der Waals surface area contributed by atoms with E-state index < -0.39 is 0 Å². The van der Waals surface area contributed by atoms with Crippen molar-refractivity contribution in [2.45, 2.75) is 44.4 Å². The highest BCUT2D eigenvalue weighted by Gasteiger charge is 2.40. The van der Waals surface area contributed by atoms with Gasteiger partial charge in [0.05, 0.1) is 23.8 Å². The summed E-state index contributed by atoms with van der Waals surface area (Å²) in [6.07, 6.45) is 3.52. The topological polar surface area (TPSA) is 69.1 Å². The molecule has 6 rings (SSSR count). The number of likely N-dealkylation sites (tertiary alicyclic amines) is 1. The highest BCUT2D eigenvalue weighted by atomic mass is 16.5. The van der Waals surface area contributed by atoms with Crippen LogP contribution in [0.15, 0.2) is 36.4 Å². The minimum Gasteiger partial charge on any atom is -0.381 e. The minimum atomic E-state index is -0.316. The van der Waals surface area contributed by atoms with E-state index in [1.165, 1.54) is 12.0 Å². The molecule has 2 aliphatic heterocycles. The minimum absolute atomic E-state index is 0.0837. The molecule has 2 aromatic carbocycles. The number of benzene rings is 2. The number of nitrogens with zero attached hydrogens (tertiary/aromatic N) is 2. The number of hydrogen-bond acceptors (Lipinski definition) is 4. The van der Waals surface area contributed by atoms with Crippen LogP contribution in [-0.2, 0) is 10.2 Å². The van der Waals surface area contributed by atoms with Gasteiger partial charge in [-0.25, -0.2) is 0 Å². The van der Waals surface area contributed by atoms with Crippen molar-refractivity contribution in [1.82, 2.24) is 9.88 Å². The van der Waals surface area contributed by atoms with Gasteiger partial charge in [0.2, 0.25) is 0 Å². The van der Waals surface area contributed by atoms with E-state index in [-0.39, 0.29) is 11.2 Å². The van der Waals surface area contributed by atoms with Gasteiger partial charge in [-0.2, -0.15) is 5.26 Å². The number of aromatic nitrogens is 1. The van der Waals surface area contributed by atoms with Crippen molar-refractivity contribution in [3.05, 3.63) is 69.9 Å². The molecule has 1 atom stereocenters. The lowest BCUT2D eigenvalue weighted by atomic mass is 9.70. The molecule has 2 saturated heterocycles. The number of nitriles is 1. The van der Waals surface area contributed by atoms with Crippen molar-refractivity contribution < 1.29 is 9.53 Å². The standard InChI is InChI=1S/C29H31N3O2/c1-29(2)24-14-21(20-7-10-32(11-8-20)16-19-9-12-34-17-19)4-6-22(24)27(33)26-23-5-3-18(15-30)13-25(23)31-28(26)29/h3-6,13-14,19-20,31H,7-12,16-17H2,1-2H3. The van der Waals surface area contributed by atoms with E-state index >= 15 is 0 Å². The Morgan fingerprint density at radius 1 is 1.15 bits per heavy atom. The maximum absolute atomic E-state index is 13.6. The highest BCUT2D eigenvalue weighted by molar-refractivity contribution is 6.20. The van der Waals surface area contributed by atoms with Gasteiger partial charge in [-0.05, 0) is 67.4 Å². The van der Waals surface area contributed by atoms with Gasteiger partial charge >= 0.3 is 0 Å². The van der Waals surface area contributed by atoms with Gasteiger partial charge in [-0.3, -0.25) is 4.79 Å². The molecule has 1 aliphatic carbocycles. The maximum atomic E-state index is 13.6. The summed E-state index contributed by atoms with van der Waals surface area (Å²) in [7, 11) is 0. The Bertz CT molecular complexity index is 1320. The van der Waals surface area contributed by atoms with Gasteiger partial charge in [-0.1, -0.05) is 38.1 Å². The lowest BCUT2D eigenvalue weighted by molar-refractivity contribution is 0.103. The molecule has 1 N–H and O–H groups in total. The zero-order chi connectivity index (χ0) is 23.4. The zero-order valence-electron chi connectivity index (χ0n) is 20.0. The lowest BCUT2D eigenvalue weighted by Gasteiger charge is -2.36. The Balaban J connectivity index is 1.29. The summed E-state index contributed by atoms with van der Waals surface area (Å²) in [5.41, 5.74) is 6.14. The quantitative estimate of drug-likeness (QED) is 0.597. The van der Waals surface area contributed by atoms with Crippen LogP contribution >= 0.6 is 0 Å². The molecule has 2 fully saturated rings.